The first kappa shape index (κ1) is 12.6. The van der Waals surface area contributed by atoms with Gasteiger partial charge in [0.1, 0.15) is 0 Å². The van der Waals surface area contributed by atoms with E-state index in [0.29, 0.717) is 5.02 Å². The number of aliphatic carboxylic acids is 1. The number of halogens is 1. The Morgan fingerprint density at radius 1 is 1.16 bits per heavy atom. The van der Waals surface area contributed by atoms with E-state index in [1.54, 1.807) is 11.8 Å². The van der Waals surface area contributed by atoms with Crippen molar-refractivity contribution in [3.8, 4) is 0 Å². The zero-order chi connectivity index (χ0) is 13.4. The summed E-state index contributed by atoms with van der Waals surface area (Å²) in [6.45, 7) is 0. The highest BCUT2D eigenvalue weighted by molar-refractivity contribution is 7.99. The summed E-state index contributed by atoms with van der Waals surface area (Å²) >= 11 is 7.72. The first-order valence-electron chi connectivity index (χ1n) is 5.93. The molecule has 0 fully saturated rings. The highest BCUT2D eigenvalue weighted by atomic mass is 35.5. The smallest absolute Gasteiger partial charge is 0.304 e. The van der Waals surface area contributed by atoms with Crippen LogP contribution in [0, 0.1) is 0 Å². The van der Waals surface area contributed by atoms with E-state index in [-0.39, 0.29) is 12.3 Å². The molecule has 1 aliphatic rings. The van der Waals surface area contributed by atoms with Crippen LogP contribution in [0.2, 0.25) is 5.02 Å². The average molecular weight is 291 g/mol. The predicted octanol–water partition coefficient (Wildman–Crippen LogP) is 4.41. The molecule has 1 N–H and O–H groups in total. The normalized spacial score (nSPS) is 16.6. The summed E-state index contributed by atoms with van der Waals surface area (Å²) in [5, 5.41) is 9.79. The van der Waals surface area contributed by atoms with Crippen molar-refractivity contribution in [2.75, 3.05) is 0 Å². The molecule has 0 aliphatic carbocycles. The molecule has 0 bridgehead atoms. The van der Waals surface area contributed by atoms with E-state index in [4.69, 9.17) is 16.7 Å². The van der Waals surface area contributed by atoms with E-state index in [0.717, 1.165) is 20.9 Å². The zero-order valence-corrected chi connectivity index (χ0v) is 11.5. The highest BCUT2D eigenvalue weighted by Crippen LogP contribution is 2.47. The summed E-state index contributed by atoms with van der Waals surface area (Å²) in [5.74, 6) is -0.915. The second kappa shape index (κ2) is 4.91. The van der Waals surface area contributed by atoms with Gasteiger partial charge >= 0.3 is 5.97 Å². The third kappa shape index (κ3) is 2.36. The summed E-state index contributed by atoms with van der Waals surface area (Å²) in [6.07, 6.45) is 0.0882. The van der Waals surface area contributed by atoms with Gasteiger partial charge in [-0.3, -0.25) is 4.79 Å². The third-order valence-electron chi connectivity index (χ3n) is 3.24. The summed E-state index contributed by atoms with van der Waals surface area (Å²) in [5.41, 5.74) is 2.09. The van der Waals surface area contributed by atoms with Crippen LogP contribution >= 0.6 is 23.4 Å². The lowest BCUT2D eigenvalue weighted by Gasteiger charge is -2.27. The van der Waals surface area contributed by atoms with Crippen molar-refractivity contribution in [3.05, 3.63) is 58.6 Å². The van der Waals surface area contributed by atoms with Crippen molar-refractivity contribution in [2.24, 2.45) is 0 Å². The minimum Gasteiger partial charge on any atom is -0.481 e. The van der Waals surface area contributed by atoms with E-state index in [2.05, 4.69) is 0 Å². The van der Waals surface area contributed by atoms with Gasteiger partial charge in [0.25, 0.3) is 0 Å². The number of carboxylic acids is 1. The van der Waals surface area contributed by atoms with Crippen LogP contribution in [0.1, 0.15) is 23.5 Å². The van der Waals surface area contributed by atoms with Crippen LogP contribution in [-0.2, 0) is 4.79 Å². The molecule has 1 atom stereocenters. The van der Waals surface area contributed by atoms with Crippen molar-refractivity contribution >= 4 is 29.3 Å². The number of rotatable bonds is 2. The van der Waals surface area contributed by atoms with E-state index < -0.39 is 5.97 Å². The van der Waals surface area contributed by atoms with Crippen LogP contribution < -0.4 is 0 Å². The summed E-state index contributed by atoms with van der Waals surface area (Å²) < 4.78 is 0. The van der Waals surface area contributed by atoms with Crippen LogP contribution in [0.4, 0.5) is 0 Å². The molecular formula is C15H11ClO2S. The largest absolute Gasteiger partial charge is 0.481 e. The molecular weight excluding hydrogens is 280 g/mol. The van der Waals surface area contributed by atoms with E-state index in [1.807, 2.05) is 42.5 Å². The van der Waals surface area contributed by atoms with Gasteiger partial charge in [-0.05, 0) is 35.4 Å². The Morgan fingerprint density at radius 2 is 1.89 bits per heavy atom. The predicted molar refractivity (Wildman–Crippen MR) is 76.1 cm³/mol. The molecule has 0 amide bonds. The minimum atomic E-state index is -0.794. The first-order valence-corrected chi connectivity index (χ1v) is 7.12. The second-order valence-electron chi connectivity index (χ2n) is 4.47. The number of carboxylic acid groups (broad SMARTS) is 1. The lowest BCUT2D eigenvalue weighted by atomic mass is 9.88. The van der Waals surface area contributed by atoms with Gasteiger partial charge in [-0.1, -0.05) is 41.6 Å². The topological polar surface area (TPSA) is 37.3 Å². The van der Waals surface area contributed by atoms with Crippen LogP contribution in [0.3, 0.4) is 0 Å². The molecule has 19 heavy (non-hydrogen) atoms. The maximum absolute atomic E-state index is 11.1. The van der Waals surface area contributed by atoms with Crippen molar-refractivity contribution < 1.29 is 9.90 Å². The fraction of sp³-hybridized carbons (Fsp3) is 0.133. The fourth-order valence-corrected chi connectivity index (χ4v) is 3.77. The molecule has 1 aliphatic heterocycles. The van der Waals surface area contributed by atoms with Crippen LogP contribution in [0.25, 0.3) is 0 Å². The van der Waals surface area contributed by atoms with Gasteiger partial charge in [-0.2, -0.15) is 0 Å². The van der Waals surface area contributed by atoms with Gasteiger partial charge < -0.3 is 5.11 Å². The van der Waals surface area contributed by atoms with Gasteiger partial charge in [0.05, 0.1) is 6.42 Å². The molecule has 0 saturated carbocycles. The van der Waals surface area contributed by atoms with Crippen molar-refractivity contribution in [3.63, 3.8) is 0 Å². The van der Waals surface area contributed by atoms with Gasteiger partial charge in [-0.15, -0.1) is 0 Å². The van der Waals surface area contributed by atoms with Crippen LogP contribution in [0.5, 0.6) is 0 Å². The van der Waals surface area contributed by atoms with Crippen molar-refractivity contribution in [1.29, 1.82) is 0 Å². The number of fused-ring (bicyclic) bond motifs is 2. The molecule has 2 aromatic rings. The number of hydrogen-bond acceptors (Lipinski definition) is 2. The van der Waals surface area contributed by atoms with Crippen LogP contribution in [0.15, 0.2) is 52.3 Å². The minimum absolute atomic E-state index is 0.0882. The monoisotopic (exact) mass is 290 g/mol. The Kier molecular flexibility index (Phi) is 3.25. The number of hydrogen-bond donors (Lipinski definition) is 1. The molecule has 3 rings (SSSR count). The van der Waals surface area contributed by atoms with Gasteiger partial charge in [0.2, 0.25) is 0 Å². The number of carbonyl (C=O) groups is 1. The fourth-order valence-electron chi connectivity index (χ4n) is 2.43. The Labute approximate surface area is 120 Å². The average Bonchev–Trinajstić information content (AvgIpc) is 2.39. The van der Waals surface area contributed by atoms with E-state index in [1.165, 1.54) is 0 Å². The Balaban J connectivity index is 2.16. The molecule has 2 nitrogen and oxygen atoms in total. The Morgan fingerprint density at radius 3 is 2.68 bits per heavy atom. The maximum Gasteiger partial charge on any atom is 0.304 e. The van der Waals surface area contributed by atoms with Crippen LogP contribution in [-0.4, -0.2) is 11.1 Å². The molecule has 0 unspecified atom stereocenters. The maximum atomic E-state index is 11.1. The SMILES string of the molecule is O=C(O)C[C@H]1c2ccccc2Sc2ccc(Cl)cc21. The highest BCUT2D eigenvalue weighted by Gasteiger charge is 2.27. The molecule has 2 aromatic carbocycles. The van der Waals surface area contributed by atoms with Crippen molar-refractivity contribution in [1.82, 2.24) is 0 Å². The van der Waals surface area contributed by atoms with Gasteiger partial charge in [0, 0.05) is 20.7 Å². The molecule has 0 aromatic heterocycles. The lowest BCUT2D eigenvalue weighted by Crippen LogP contribution is -2.12. The lowest BCUT2D eigenvalue weighted by molar-refractivity contribution is -0.137. The Bertz CT molecular complexity index is 654. The molecule has 96 valence electrons. The first-order chi connectivity index (χ1) is 9.15. The zero-order valence-electron chi connectivity index (χ0n) is 9.97. The summed E-state index contributed by atoms with van der Waals surface area (Å²) in [6, 6.07) is 13.7. The summed E-state index contributed by atoms with van der Waals surface area (Å²) in [4.78, 5) is 13.4. The van der Waals surface area contributed by atoms with Gasteiger partial charge in [0.15, 0.2) is 0 Å². The molecule has 4 heteroatoms. The standard InChI is InChI=1S/C15H11ClO2S/c16-9-5-6-14-12(7-9)11(8-15(17)18)10-3-1-2-4-13(10)19-14/h1-7,11H,8H2,(H,17,18)/t11-/m0/s1. The number of benzene rings is 2. The molecule has 0 radical (unpaired) electrons. The van der Waals surface area contributed by atoms with Gasteiger partial charge in [-0.25, -0.2) is 0 Å². The molecule has 0 spiro atoms. The van der Waals surface area contributed by atoms with E-state index >= 15 is 0 Å². The molecule has 0 saturated heterocycles. The Hall–Kier alpha value is -1.45. The van der Waals surface area contributed by atoms with E-state index in [9.17, 15) is 4.79 Å². The second-order valence-corrected chi connectivity index (χ2v) is 5.99. The molecule has 1 heterocycles. The third-order valence-corrected chi connectivity index (χ3v) is 4.66. The van der Waals surface area contributed by atoms with Crippen molar-refractivity contribution in [2.45, 2.75) is 22.1 Å². The quantitative estimate of drug-likeness (QED) is 0.890. The summed E-state index contributed by atoms with van der Waals surface area (Å²) in [7, 11) is 0.